The Labute approximate surface area is 167 Å². The van der Waals surface area contributed by atoms with Crippen LogP contribution < -0.4 is 19.7 Å². The van der Waals surface area contributed by atoms with E-state index in [4.69, 9.17) is 9.47 Å². The molecule has 150 valence electrons. The minimum absolute atomic E-state index is 0.0402. The van der Waals surface area contributed by atoms with E-state index in [0.717, 1.165) is 42.7 Å². The van der Waals surface area contributed by atoms with Crippen LogP contribution >= 0.6 is 0 Å². The van der Waals surface area contributed by atoms with Gasteiger partial charge in [0.15, 0.2) is 11.5 Å². The Kier molecular flexibility index (Phi) is 5.82. The molecule has 0 unspecified atom stereocenters. The van der Waals surface area contributed by atoms with Gasteiger partial charge in [0, 0.05) is 24.5 Å². The monoisotopic (exact) mass is 382 g/mol. The molecule has 0 heterocycles. The van der Waals surface area contributed by atoms with Gasteiger partial charge in [-0.15, -0.1) is 0 Å². The van der Waals surface area contributed by atoms with E-state index in [2.05, 4.69) is 36.2 Å². The van der Waals surface area contributed by atoms with Crippen LogP contribution in [0.25, 0.3) is 0 Å². The molecule has 0 spiro atoms. The first kappa shape index (κ1) is 20.1. The zero-order chi connectivity index (χ0) is 20.3. The van der Waals surface area contributed by atoms with E-state index in [9.17, 15) is 4.79 Å². The van der Waals surface area contributed by atoms with Gasteiger partial charge in [-0.05, 0) is 75.1 Å². The minimum Gasteiger partial charge on any atom is -0.493 e. The van der Waals surface area contributed by atoms with Gasteiger partial charge in [-0.3, -0.25) is 4.79 Å². The Morgan fingerprint density at radius 3 is 2.25 bits per heavy atom. The van der Waals surface area contributed by atoms with Gasteiger partial charge in [-0.2, -0.15) is 0 Å². The highest BCUT2D eigenvalue weighted by Gasteiger charge is 2.51. The Morgan fingerprint density at radius 1 is 1.04 bits per heavy atom. The van der Waals surface area contributed by atoms with Gasteiger partial charge in [0.25, 0.3) is 0 Å². The standard InChI is InChI=1S/C23H30N2O3/c1-6-25(7-2)18-9-10-19(16(3)14-18)24-22(26)23(12-13-23)17-8-11-20(27-4)21(15-17)28-5/h8-11,14-15H,6-7,12-13H2,1-5H3,(H,24,26). The topological polar surface area (TPSA) is 50.8 Å². The molecule has 0 bridgehead atoms. The number of benzene rings is 2. The molecule has 2 aromatic carbocycles. The summed E-state index contributed by atoms with van der Waals surface area (Å²) in [7, 11) is 3.23. The first-order valence-electron chi connectivity index (χ1n) is 9.88. The summed E-state index contributed by atoms with van der Waals surface area (Å²) in [6.07, 6.45) is 1.68. The molecule has 1 fully saturated rings. The summed E-state index contributed by atoms with van der Waals surface area (Å²) in [4.78, 5) is 15.4. The maximum absolute atomic E-state index is 13.1. The van der Waals surface area contributed by atoms with Crippen molar-refractivity contribution in [3.05, 3.63) is 47.5 Å². The van der Waals surface area contributed by atoms with Crippen molar-refractivity contribution in [2.75, 3.05) is 37.5 Å². The fourth-order valence-electron chi connectivity index (χ4n) is 3.72. The molecule has 2 aromatic rings. The molecule has 0 aromatic heterocycles. The smallest absolute Gasteiger partial charge is 0.235 e. The molecule has 0 aliphatic heterocycles. The van der Waals surface area contributed by atoms with Crippen molar-refractivity contribution in [2.24, 2.45) is 0 Å². The van der Waals surface area contributed by atoms with Crippen LogP contribution in [-0.4, -0.2) is 33.2 Å². The van der Waals surface area contributed by atoms with E-state index in [0.29, 0.717) is 11.5 Å². The number of carbonyl (C=O) groups excluding carboxylic acids is 1. The number of nitrogens with zero attached hydrogens (tertiary/aromatic N) is 1. The van der Waals surface area contributed by atoms with Crippen LogP contribution in [0, 0.1) is 6.92 Å². The van der Waals surface area contributed by atoms with Crippen molar-refractivity contribution >= 4 is 17.3 Å². The maximum Gasteiger partial charge on any atom is 0.235 e. The van der Waals surface area contributed by atoms with Gasteiger partial charge in [-0.1, -0.05) is 6.07 Å². The Balaban J connectivity index is 1.81. The van der Waals surface area contributed by atoms with E-state index < -0.39 is 5.41 Å². The fraction of sp³-hybridized carbons (Fsp3) is 0.435. The van der Waals surface area contributed by atoms with Crippen molar-refractivity contribution in [2.45, 2.75) is 39.0 Å². The second-order valence-electron chi connectivity index (χ2n) is 7.28. The largest absolute Gasteiger partial charge is 0.493 e. The summed E-state index contributed by atoms with van der Waals surface area (Å²) in [5.74, 6) is 1.36. The van der Waals surface area contributed by atoms with Crippen molar-refractivity contribution < 1.29 is 14.3 Å². The molecule has 0 radical (unpaired) electrons. The molecular formula is C23H30N2O3. The van der Waals surface area contributed by atoms with E-state index in [1.54, 1.807) is 14.2 Å². The normalized spacial score (nSPS) is 14.3. The lowest BCUT2D eigenvalue weighted by atomic mass is 9.94. The number of hydrogen-bond acceptors (Lipinski definition) is 4. The highest BCUT2D eigenvalue weighted by molar-refractivity contribution is 6.02. The van der Waals surface area contributed by atoms with Gasteiger partial charge in [0.2, 0.25) is 5.91 Å². The van der Waals surface area contributed by atoms with Crippen LogP contribution in [-0.2, 0) is 10.2 Å². The zero-order valence-electron chi connectivity index (χ0n) is 17.5. The highest BCUT2D eigenvalue weighted by Crippen LogP contribution is 2.50. The van der Waals surface area contributed by atoms with Gasteiger partial charge < -0.3 is 19.7 Å². The van der Waals surface area contributed by atoms with Crippen LogP contribution in [0.2, 0.25) is 0 Å². The number of methoxy groups -OCH3 is 2. The van der Waals surface area contributed by atoms with E-state index in [1.165, 1.54) is 5.69 Å². The summed E-state index contributed by atoms with van der Waals surface area (Å²) in [6.45, 7) is 8.26. The third-order valence-electron chi connectivity index (χ3n) is 5.71. The summed E-state index contributed by atoms with van der Waals surface area (Å²) in [5.41, 5.74) is 3.61. The minimum atomic E-state index is -0.483. The highest BCUT2D eigenvalue weighted by atomic mass is 16.5. The Hall–Kier alpha value is -2.69. The number of ether oxygens (including phenoxy) is 2. The van der Waals surface area contributed by atoms with Gasteiger partial charge in [0.1, 0.15) is 0 Å². The van der Waals surface area contributed by atoms with E-state index in [1.807, 2.05) is 31.2 Å². The Morgan fingerprint density at radius 2 is 1.71 bits per heavy atom. The van der Waals surface area contributed by atoms with Crippen LogP contribution in [0.4, 0.5) is 11.4 Å². The predicted octanol–water partition coefficient (Wildman–Crippen LogP) is 4.53. The second kappa shape index (κ2) is 8.13. The van der Waals surface area contributed by atoms with E-state index in [-0.39, 0.29) is 5.91 Å². The molecule has 3 rings (SSSR count). The average molecular weight is 383 g/mol. The molecule has 1 aliphatic rings. The zero-order valence-corrected chi connectivity index (χ0v) is 17.5. The number of hydrogen-bond donors (Lipinski definition) is 1. The van der Waals surface area contributed by atoms with Crippen molar-refractivity contribution in [3.63, 3.8) is 0 Å². The summed E-state index contributed by atoms with van der Waals surface area (Å²) in [5, 5.41) is 3.15. The van der Waals surface area contributed by atoms with Crippen LogP contribution in [0.1, 0.15) is 37.8 Å². The SMILES string of the molecule is CCN(CC)c1ccc(NC(=O)C2(c3ccc(OC)c(OC)c3)CC2)c(C)c1. The van der Waals surface area contributed by atoms with Gasteiger partial charge in [0.05, 0.1) is 19.6 Å². The molecule has 1 amide bonds. The third-order valence-corrected chi connectivity index (χ3v) is 5.71. The molecule has 28 heavy (non-hydrogen) atoms. The third kappa shape index (κ3) is 3.66. The van der Waals surface area contributed by atoms with Gasteiger partial charge in [-0.25, -0.2) is 0 Å². The van der Waals surface area contributed by atoms with Crippen LogP contribution in [0.3, 0.4) is 0 Å². The number of anilines is 2. The molecule has 1 aliphatic carbocycles. The molecule has 1 N–H and O–H groups in total. The predicted molar refractivity (Wildman–Crippen MR) is 114 cm³/mol. The molecular weight excluding hydrogens is 352 g/mol. The maximum atomic E-state index is 13.1. The number of aryl methyl sites for hydroxylation is 1. The number of amides is 1. The van der Waals surface area contributed by atoms with Gasteiger partial charge >= 0.3 is 0 Å². The lowest BCUT2D eigenvalue weighted by Crippen LogP contribution is -2.28. The number of nitrogens with one attached hydrogen (secondary N) is 1. The second-order valence-corrected chi connectivity index (χ2v) is 7.28. The average Bonchev–Trinajstić information content (AvgIpc) is 3.52. The number of rotatable bonds is 8. The molecule has 5 heteroatoms. The van der Waals surface area contributed by atoms with Crippen LogP contribution in [0.5, 0.6) is 11.5 Å². The lowest BCUT2D eigenvalue weighted by molar-refractivity contribution is -0.118. The van der Waals surface area contributed by atoms with Crippen molar-refractivity contribution in [1.82, 2.24) is 0 Å². The molecule has 1 saturated carbocycles. The Bertz CT molecular complexity index is 855. The van der Waals surface area contributed by atoms with Crippen molar-refractivity contribution in [1.29, 1.82) is 0 Å². The molecule has 5 nitrogen and oxygen atoms in total. The lowest BCUT2D eigenvalue weighted by Gasteiger charge is -2.23. The fourth-order valence-corrected chi connectivity index (χ4v) is 3.72. The number of carbonyl (C=O) groups is 1. The first-order valence-corrected chi connectivity index (χ1v) is 9.88. The summed E-state index contributed by atoms with van der Waals surface area (Å²) < 4.78 is 10.7. The van der Waals surface area contributed by atoms with E-state index >= 15 is 0 Å². The summed E-state index contributed by atoms with van der Waals surface area (Å²) >= 11 is 0. The van der Waals surface area contributed by atoms with Crippen LogP contribution in [0.15, 0.2) is 36.4 Å². The quantitative estimate of drug-likeness (QED) is 0.729. The first-order chi connectivity index (χ1) is 13.5. The molecule has 0 atom stereocenters. The molecule has 0 saturated heterocycles. The summed E-state index contributed by atoms with van der Waals surface area (Å²) in [6, 6.07) is 12.0. The van der Waals surface area contributed by atoms with Crippen molar-refractivity contribution in [3.8, 4) is 11.5 Å².